The summed E-state index contributed by atoms with van der Waals surface area (Å²) < 4.78 is 4.96. The third-order valence-corrected chi connectivity index (χ3v) is 2.67. The van der Waals surface area contributed by atoms with E-state index in [0.29, 0.717) is 5.56 Å². The number of fused-ring (bicyclic) bond motifs is 1. The number of esters is 1. The summed E-state index contributed by atoms with van der Waals surface area (Å²) in [6.45, 7) is 4.98. The van der Waals surface area contributed by atoms with E-state index in [1.165, 1.54) is 6.92 Å². The third-order valence-electron chi connectivity index (χ3n) is 2.67. The Hall–Kier alpha value is -2.13. The van der Waals surface area contributed by atoms with Crippen LogP contribution >= 0.6 is 0 Å². The van der Waals surface area contributed by atoms with Gasteiger partial charge in [-0.3, -0.25) is 0 Å². The van der Waals surface area contributed by atoms with Crippen LogP contribution in [0.15, 0.2) is 54.8 Å². The van der Waals surface area contributed by atoms with Crippen molar-refractivity contribution in [1.29, 1.82) is 0 Å². The van der Waals surface area contributed by atoms with Crippen molar-refractivity contribution in [3.8, 4) is 0 Å². The van der Waals surface area contributed by atoms with E-state index in [-0.39, 0.29) is 5.76 Å². The van der Waals surface area contributed by atoms with E-state index in [4.69, 9.17) is 4.74 Å². The molecule has 0 bridgehead atoms. The summed E-state index contributed by atoms with van der Waals surface area (Å²) in [6, 6.07) is 13.1. The Morgan fingerprint density at radius 2 is 1.89 bits per heavy atom. The van der Waals surface area contributed by atoms with E-state index in [1.807, 2.05) is 30.3 Å². The minimum atomic E-state index is -0.866. The molecule has 0 heterocycles. The van der Waals surface area contributed by atoms with Crippen LogP contribution in [0.5, 0.6) is 0 Å². The van der Waals surface area contributed by atoms with Crippen LogP contribution in [0.4, 0.5) is 0 Å². The van der Waals surface area contributed by atoms with Crippen molar-refractivity contribution >= 4 is 16.7 Å². The lowest BCUT2D eigenvalue weighted by atomic mass is 10.1. The molecule has 0 aliphatic rings. The minimum Gasteiger partial charge on any atom is -0.425 e. The molecule has 0 aliphatic heterocycles. The summed E-state index contributed by atoms with van der Waals surface area (Å²) in [5.41, 5.74) is 0.440. The molecule has 3 nitrogen and oxygen atoms in total. The van der Waals surface area contributed by atoms with Crippen molar-refractivity contribution in [1.82, 2.24) is 0 Å². The Balaban J connectivity index is 2.26. The number of rotatable bonds is 3. The van der Waals surface area contributed by atoms with Gasteiger partial charge in [-0.25, -0.2) is 4.79 Å². The molecule has 2 aromatic rings. The highest BCUT2D eigenvalue weighted by Gasteiger charge is 2.12. The predicted molar refractivity (Wildman–Crippen MR) is 70.2 cm³/mol. The highest BCUT2D eigenvalue weighted by Crippen LogP contribution is 2.17. The van der Waals surface area contributed by atoms with Crippen molar-refractivity contribution in [3.63, 3.8) is 0 Å². The van der Waals surface area contributed by atoms with Crippen molar-refractivity contribution in [2.75, 3.05) is 0 Å². The molecule has 3 heteroatoms. The average molecular weight is 242 g/mol. The van der Waals surface area contributed by atoms with Gasteiger partial charge in [0.15, 0.2) is 0 Å². The van der Waals surface area contributed by atoms with Gasteiger partial charge in [0.1, 0.15) is 11.9 Å². The van der Waals surface area contributed by atoms with E-state index in [0.717, 1.165) is 10.8 Å². The molecular weight excluding hydrogens is 228 g/mol. The first-order valence-electron chi connectivity index (χ1n) is 5.66. The summed E-state index contributed by atoms with van der Waals surface area (Å²) in [5, 5.41) is 11.2. The second kappa shape index (κ2) is 5.02. The van der Waals surface area contributed by atoms with E-state index >= 15 is 0 Å². The zero-order valence-electron chi connectivity index (χ0n) is 10.1. The molecule has 1 atom stereocenters. The molecule has 18 heavy (non-hydrogen) atoms. The molecular formula is C15H14O3. The van der Waals surface area contributed by atoms with Crippen LogP contribution in [-0.4, -0.2) is 17.2 Å². The van der Waals surface area contributed by atoms with Gasteiger partial charge in [0.05, 0.1) is 5.56 Å². The van der Waals surface area contributed by atoms with Crippen LogP contribution in [0.1, 0.15) is 17.3 Å². The van der Waals surface area contributed by atoms with Crippen molar-refractivity contribution in [2.45, 2.75) is 13.0 Å². The van der Waals surface area contributed by atoms with Crippen LogP contribution in [0.2, 0.25) is 0 Å². The summed E-state index contributed by atoms with van der Waals surface area (Å²) in [5.74, 6) is -0.459. The standard InChI is InChI=1S/C15H14O3/c1-10(16)11(2)18-15(17)14-8-7-12-5-3-4-6-13(12)9-14/h3-10,16H,2H2,1H3. The topological polar surface area (TPSA) is 46.5 Å². The Bertz CT molecular complexity index is 599. The maximum absolute atomic E-state index is 11.8. The quantitative estimate of drug-likeness (QED) is 0.665. The fourth-order valence-corrected chi connectivity index (χ4v) is 1.58. The summed E-state index contributed by atoms with van der Waals surface area (Å²) in [6.07, 6.45) is -0.866. The second-order valence-corrected chi connectivity index (χ2v) is 4.09. The smallest absolute Gasteiger partial charge is 0.343 e. The highest BCUT2D eigenvalue weighted by atomic mass is 16.5. The highest BCUT2D eigenvalue weighted by molar-refractivity contribution is 5.95. The lowest BCUT2D eigenvalue weighted by Crippen LogP contribution is -2.12. The van der Waals surface area contributed by atoms with Crippen LogP contribution in [0, 0.1) is 0 Å². The molecule has 0 amide bonds. The van der Waals surface area contributed by atoms with Crippen LogP contribution in [0.3, 0.4) is 0 Å². The molecule has 1 N–H and O–H groups in total. The SMILES string of the molecule is C=C(OC(=O)c1ccc2ccccc2c1)C(C)O. The van der Waals surface area contributed by atoms with E-state index in [2.05, 4.69) is 6.58 Å². The first-order chi connectivity index (χ1) is 8.58. The van der Waals surface area contributed by atoms with E-state index in [1.54, 1.807) is 12.1 Å². The number of hydrogen-bond acceptors (Lipinski definition) is 3. The summed E-state index contributed by atoms with van der Waals surface area (Å²) >= 11 is 0. The van der Waals surface area contributed by atoms with Gasteiger partial charge < -0.3 is 9.84 Å². The van der Waals surface area contributed by atoms with Crippen molar-refractivity contribution in [2.24, 2.45) is 0 Å². The fourth-order valence-electron chi connectivity index (χ4n) is 1.58. The summed E-state index contributed by atoms with van der Waals surface area (Å²) in [4.78, 5) is 11.8. The molecule has 0 aliphatic carbocycles. The number of hydrogen-bond donors (Lipinski definition) is 1. The number of ether oxygens (including phenoxy) is 1. The van der Waals surface area contributed by atoms with Gasteiger partial charge in [0.2, 0.25) is 0 Å². The first-order valence-corrected chi connectivity index (χ1v) is 5.66. The van der Waals surface area contributed by atoms with Crippen molar-refractivity contribution in [3.05, 3.63) is 60.4 Å². The fraction of sp³-hybridized carbons (Fsp3) is 0.133. The molecule has 0 aromatic heterocycles. The number of aliphatic hydroxyl groups excluding tert-OH is 1. The monoisotopic (exact) mass is 242 g/mol. The second-order valence-electron chi connectivity index (χ2n) is 4.09. The molecule has 2 rings (SSSR count). The van der Waals surface area contributed by atoms with Gasteiger partial charge in [-0.2, -0.15) is 0 Å². The zero-order valence-corrected chi connectivity index (χ0v) is 10.1. The van der Waals surface area contributed by atoms with Crippen molar-refractivity contribution < 1.29 is 14.6 Å². The molecule has 92 valence electrons. The number of carbonyl (C=O) groups excluding carboxylic acids is 1. The van der Waals surface area contributed by atoms with Crippen LogP contribution in [-0.2, 0) is 4.74 Å². The number of benzene rings is 2. The van der Waals surface area contributed by atoms with Gasteiger partial charge in [-0.15, -0.1) is 0 Å². The molecule has 0 saturated carbocycles. The van der Waals surface area contributed by atoms with Gasteiger partial charge in [-0.1, -0.05) is 36.9 Å². The molecule has 2 aromatic carbocycles. The van der Waals surface area contributed by atoms with Gasteiger partial charge in [-0.05, 0) is 29.8 Å². The Morgan fingerprint density at radius 3 is 2.56 bits per heavy atom. The predicted octanol–water partition coefficient (Wildman–Crippen LogP) is 2.89. The van der Waals surface area contributed by atoms with Crippen LogP contribution in [0.25, 0.3) is 10.8 Å². The maximum atomic E-state index is 11.8. The average Bonchev–Trinajstić information content (AvgIpc) is 2.37. The Labute approximate surface area is 105 Å². The number of carbonyl (C=O) groups is 1. The van der Waals surface area contributed by atoms with Gasteiger partial charge in [0.25, 0.3) is 0 Å². The van der Waals surface area contributed by atoms with Gasteiger partial charge >= 0.3 is 5.97 Å². The van der Waals surface area contributed by atoms with Crippen LogP contribution < -0.4 is 0 Å². The lowest BCUT2D eigenvalue weighted by Gasteiger charge is -2.09. The summed E-state index contributed by atoms with van der Waals surface area (Å²) in [7, 11) is 0. The minimum absolute atomic E-state index is 0.0492. The molecule has 0 fully saturated rings. The normalized spacial score (nSPS) is 12.1. The molecule has 0 saturated heterocycles. The molecule has 0 spiro atoms. The maximum Gasteiger partial charge on any atom is 0.343 e. The zero-order chi connectivity index (χ0) is 13.1. The molecule has 0 radical (unpaired) electrons. The van der Waals surface area contributed by atoms with Gasteiger partial charge in [0, 0.05) is 0 Å². The third kappa shape index (κ3) is 2.57. The largest absolute Gasteiger partial charge is 0.425 e. The Kier molecular flexibility index (Phi) is 3.44. The Morgan fingerprint density at radius 1 is 1.22 bits per heavy atom. The van der Waals surface area contributed by atoms with E-state index < -0.39 is 12.1 Å². The molecule has 1 unspecified atom stereocenters. The lowest BCUT2D eigenvalue weighted by molar-refractivity contribution is 0.0524. The first kappa shape index (κ1) is 12.3. The van der Waals surface area contributed by atoms with E-state index in [9.17, 15) is 9.90 Å². The number of aliphatic hydroxyl groups is 1.